The Hall–Kier alpha value is -0.970. The first-order valence-electron chi connectivity index (χ1n) is 3.87. The molecular formula is C8H8BrNO3. The predicted molar refractivity (Wildman–Crippen MR) is 48.4 cm³/mol. The number of cyclic esters (lactones) is 1. The van der Waals surface area contributed by atoms with Crippen LogP contribution in [0.5, 0.6) is 0 Å². The number of nitrogens with one attached hydrogen (secondary N) is 1. The highest BCUT2D eigenvalue weighted by atomic mass is 79.9. The van der Waals surface area contributed by atoms with Crippen LogP contribution in [-0.4, -0.2) is 12.6 Å². The van der Waals surface area contributed by atoms with Crippen LogP contribution in [0, 0.1) is 6.92 Å². The van der Waals surface area contributed by atoms with Gasteiger partial charge in [0.25, 0.3) is 0 Å². The van der Waals surface area contributed by atoms with Crippen LogP contribution in [0.25, 0.3) is 0 Å². The van der Waals surface area contributed by atoms with E-state index in [4.69, 9.17) is 9.15 Å². The summed E-state index contributed by atoms with van der Waals surface area (Å²) in [7, 11) is 0. The Balaban J connectivity index is 2.25. The van der Waals surface area contributed by atoms with Crippen molar-refractivity contribution >= 4 is 22.0 Å². The van der Waals surface area contributed by atoms with Crippen LogP contribution in [0.15, 0.2) is 15.2 Å². The van der Waals surface area contributed by atoms with Gasteiger partial charge in [-0.25, -0.2) is 4.79 Å². The summed E-state index contributed by atoms with van der Waals surface area (Å²) in [5.74, 6) is 0.699. The Morgan fingerprint density at radius 3 is 2.92 bits per heavy atom. The third-order valence-corrected chi connectivity index (χ3v) is 2.29. The van der Waals surface area contributed by atoms with Crippen molar-refractivity contribution in [3.05, 3.63) is 22.1 Å². The van der Waals surface area contributed by atoms with E-state index in [0.717, 1.165) is 5.56 Å². The van der Waals surface area contributed by atoms with Crippen LogP contribution in [0.1, 0.15) is 17.4 Å². The van der Waals surface area contributed by atoms with Crippen LogP contribution >= 0.6 is 15.9 Å². The van der Waals surface area contributed by atoms with E-state index in [0.29, 0.717) is 17.0 Å². The van der Waals surface area contributed by atoms with Crippen molar-refractivity contribution < 1.29 is 13.9 Å². The minimum absolute atomic E-state index is 0.293. The number of rotatable bonds is 1. The van der Waals surface area contributed by atoms with E-state index in [1.807, 2.05) is 13.0 Å². The van der Waals surface area contributed by atoms with Gasteiger partial charge in [-0.15, -0.1) is 0 Å². The molecule has 1 atom stereocenters. The third kappa shape index (κ3) is 1.56. The Morgan fingerprint density at radius 2 is 2.46 bits per heavy atom. The third-order valence-electron chi connectivity index (χ3n) is 1.90. The molecule has 0 bridgehead atoms. The Kier molecular flexibility index (Phi) is 2.03. The molecule has 1 amide bonds. The van der Waals surface area contributed by atoms with Crippen LogP contribution in [0.2, 0.25) is 0 Å². The highest BCUT2D eigenvalue weighted by Gasteiger charge is 2.28. The lowest BCUT2D eigenvalue weighted by atomic mass is 10.2. The lowest BCUT2D eigenvalue weighted by Gasteiger charge is -2.04. The van der Waals surface area contributed by atoms with Crippen LogP contribution in [-0.2, 0) is 4.74 Å². The van der Waals surface area contributed by atoms with Gasteiger partial charge in [-0.05, 0) is 34.5 Å². The summed E-state index contributed by atoms with van der Waals surface area (Å²) in [6.07, 6.45) is -0.685. The number of carbonyl (C=O) groups is 1. The second kappa shape index (κ2) is 3.06. The van der Waals surface area contributed by atoms with E-state index in [-0.39, 0.29) is 6.10 Å². The maximum atomic E-state index is 10.8. The van der Waals surface area contributed by atoms with Crippen LogP contribution in [0.3, 0.4) is 0 Å². The molecule has 0 radical (unpaired) electrons. The number of hydrogen-bond acceptors (Lipinski definition) is 3. The summed E-state index contributed by atoms with van der Waals surface area (Å²) in [4.78, 5) is 10.8. The van der Waals surface area contributed by atoms with Gasteiger partial charge in [0.15, 0.2) is 16.5 Å². The Labute approximate surface area is 83.4 Å². The number of aryl methyl sites for hydroxylation is 1. The first-order chi connectivity index (χ1) is 6.16. The molecule has 1 unspecified atom stereocenters. The zero-order chi connectivity index (χ0) is 9.42. The molecule has 1 aliphatic rings. The van der Waals surface area contributed by atoms with Gasteiger partial charge >= 0.3 is 6.09 Å². The Bertz CT molecular complexity index is 347. The smallest absolute Gasteiger partial charge is 0.408 e. The van der Waals surface area contributed by atoms with E-state index >= 15 is 0 Å². The molecule has 2 rings (SSSR count). The quantitative estimate of drug-likeness (QED) is 0.825. The lowest BCUT2D eigenvalue weighted by Crippen LogP contribution is -2.12. The van der Waals surface area contributed by atoms with Gasteiger partial charge in [-0.2, -0.15) is 0 Å². The van der Waals surface area contributed by atoms with Gasteiger partial charge in [0, 0.05) is 0 Å². The van der Waals surface area contributed by atoms with Crippen molar-refractivity contribution in [2.45, 2.75) is 13.0 Å². The topological polar surface area (TPSA) is 51.5 Å². The fourth-order valence-corrected chi connectivity index (χ4v) is 1.83. The Morgan fingerprint density at radius 1 is 1.69 bits per heavy atom. The molecule has 0 spiro atoms. The number of alkyl carbamates (subject to hydrolysis) is 1. The molecule has 4 nitrogen and oxygen atoms in total. The molecule has 1 aliphatic heterocycles. The van der Waals surface area contributed by atoms with Gasteiger partial charge in [0.1, 0.15) is 0 Å². The fraction of sp³-hybridized carbons (Fsp3) is 0.375. The minimum atomic E-state index is -0.392. The molecule has 5 heteroatoms. The van der Waals surface area contributed by atoms with Crippen molar-refractivity contribution in [2.24, 2.45) is 0 Å². The van der Waals surface area contributed by atoms with Crippen molar-refractivity contribution in [1.82, 2.24) is 5.32 Å². The van der Waals surface area contributed by atoms with Gasteiger partial charge in [0.05, 0.1) is 6.54 Å². The molecule has 0 saturated carbocycles. The summed E-state index contributed by atoms with van der Waals surface area (Å²) in [5.41, 5.74) is 0.980. The molecule has 0 aromatic carbocycles. The minimum Gasteiger partial charge on any atom is -0.450 e. The average Bonchev–Trinajstić information content (AvgIpc) is 2.58. The van der Waals surface area contributed by atoms with Crippen molar-refractivity contribution in [3.8, 4) is 0 Å². The largest absolute Gasteiger partial charge is 0.450 e. The van der Waals surface area contributed by atoms with Crippen LogP contribution in [0.4, 0.5) is 4.79 Å². The molecule has 1 aromatic rings. The van der Waals surface area contributed by atoms with Gasteiger partial charge in [0.2, 0.25) is 0 Å². The summed E-state index contributed by atoms with van der Waals surface area (Å²) >= 11 is 3.22. The van der Waals surface area contributed by atoms with E-state index in [9.17, 15) is 4.79 Å². The number of ether oxygens (including phenoxy) is 1. The number of halogens is 1. The molecule has 1 fully saturated rings. The van der Waals surface area contributed by atoms with Crippen molar-refractivity contribution in [1.29, 1.82) is 0 Å². The van der Waals surface area contributed by atoms with Gasteiger partial charge in [-0.3, -0.25) is 0 Å². The van der Waals surface area contributed by atoms with E-state index in [2.05, 4.69) is 21.2 Å². The average molecular weight is 246 g/mol. The molecular weight excluding hydrogens is 238 g/mol. The van der Waals surface area contributed by atoms with Crippen molar-refractivity contribution in [3.63, 3.8) is 0 Å². The standard InChI is InChI=1S/C8H8BrNO3/c1-4-2-6(9)13-7(4)5-3-10-8(11)12-5/h2,5H,3H2,1H3,(H,10,11). The maximum absolute atomic E-state index is 10.8. The highest BCUT2D eigenvalue weighted by Crippen LogP contribution is 2.28. The van der Waals surface area contributed by atoms with E-state index in [1.54, 1.807) is 0 Å². The predicted octanol–water partition coefficient (Wildman–Crippen LogP) is 2.13. The first-order valence-corrected chi connectivity index (χ1v) is 4.66. The zero-order valence-electron chi connectivity index (χ0n) is 6.96. The number of amides is 1. The lowest BCUT2D eigenvalue weighted by molar-refractivity contribution is 0.127. The van der Waals surface area contributed by atoms with E-state index in [1.165, 1.54) is 0 Å². The summed E-state index contributed by atoms with van der Waals surface area (Å²) in [6.45, 7) is 2.38. The van der Waals surface area contributed by atoms with Gasteiger partial charge in [-0.1, -0.05) is 0 Å². The second-order valence-corrected chi connectivity index (χ2v) is 3.65. The molecule has 2 heterocycles. The zero-order valence-corrected chi connectivity index (χ0v) is 8.55. The van der Waals surface area contributed by atoms with E-state index < -0.39 is 6.09 Å². The van der Waals surface area contributed by atoms with Crippen LogP contribution < -0.4 is 5.32 Å². The number of hydrogen-bond donors (Lipinski definition) is 1. The first kappa shape index (κ1) is 8.62. The summed E-state index contributed by atoms with van der Waals surface area (Å²) in [5, 5.41) is 2.57. The second-order valence-electron chi connectivity index (χ2n) is 2.87. The molecule has 1 N–H and O–H groups in total. The normalized spacial score (nSPS) is 21.4. The molecule has 70 valence electrons. The highest BCUT2D eigenvalue weighted by molar-refractivity contribution is 9.10. The molecule has 1 saturated heterocycles. The SMILES string of the molecule is Cc1cc(Br)oc1C1CNC(=O)O1. The summed E-state index contributed by atoms with van der Waals surface area (Å²) < 4.78 is 11.0. The summed E-state index contributed by atoms with van der Waals surface area (Å²) in [6, 6.07) is 1.85. The number of carbonyl (C=O) groups excluding carboxylic acids is 1. The molecule has 13 heavy (non-hydrogen) atoms. The fourth-order valence-electron chi connectivity index (χ4n) is 1.31. The van der Waals surface area contributed by atoms with Gasteiger partial charge < -0.3 is 14.5 Å². The number of furan rings is 1. The van der Waals surface area contributed by atoms with Crippen molar-refractivity contribution in [2.75, 3.05) is 6.54 Å². The monoisotopic (exact) mass is 245 g/mol. The molecule has 0 aliphatic carbocycles. The molecule has 1 aromatic heterocycles. The maximum Gasteiger partial charge on any atom is 0.408 e.